The molecule has 1 unspecified atom stereocenters. The number of halogens is 2. The van der Waals surface area contributed by atoms with Crippen molar-refractivity contribution in [2.24, 2.45) is 11.3 Å². The topological polar surface area (TPSA) is 37.3 Å². The van der Waals surface area contributed by atoms with E-state index in [0.29, 0.717) is 19.3 Å². The zero-order chi connectivity index (χ0) is 10.3. The predicted octanol–water partition coefficient (Wildman–Crippen LogP) is 2.53. The average Bonchev–Trinajstić information content (AvgIpc) is 2.30. The molecule has 1 saturated carbocycles. The van der Waals surface area contributed by atoms with Crippen molar-refractivity contribution in [3.05, 3.63) is 0 Å². The number of carboxylic acid groups (broad SMARTS) is 1. The van der Waals surface area contributed by atoms with Gasteiger partial charge in [-0.1, -0.05) is 13.8 Å². The first-order chi connectivity index (χ1) is 5.76. The Balaban J connectivity index is 2.71. The summed E-state index contributed by atoms with van der Waals surface area (Å²) < 4.78 is 26.0. The van der Waals surface area contributed by atoms with Gasteiger partial charge in [0, 0.05) is 5.92 Å². The fourth-order valence-corrected chi connectivity index (χ4v) is 1.92. The van der Waals surface area contributed by atoms with E-state index in [1.165, 1.54) is 0 Å². The molecule has 0 aliphatic heterocycles. The van der Waals surface area contributed by atoms with Crippen molar-refractivity contribution in [1.29, 1.82) is 0 Å². The minimum absolute atomic E-state index is 0.135. The SMILES string of the molecule is CC1(C)CCC(C(F)(F)C(=O)O)C1. The van der Waals surface area contributed by atoms with Crippen molar-refractivity contribution in [3.8, 4) is 0 Å². The Bertz CT molecular complexity index is 224. The first-order valence-corrected chi connectivity index (χ1v) is 4.37. The molecule has 1 fully saturated rings. The lowest BCUT2D eigenvalue weighted by Crippen LogP contribution is -2.36. The number of hydrogen-bond acceptors (Lipinski definition) is 1. The molecule has 1 aliphatic rings. The van der Waals surface area contributed by atoms with E-state index in [1.54, 1.807) is 0 Å². The largest absolute Gasteiger partial charge is 0.477 e. The van der Waals surface area contributed by atoms with Gasteiger partial charge in [-0.3, -0.25) is 0 Å². The minimum atomic E-state index is -3.55. The predicted molar refractivity (Wildman–Crippen MR) is 43.7 cm³/mol. The fourth-order valence-electron chi connectivity index (χ4n) is 1.92. The van der Waals surface area contributed by atoms with E-state index < -0.39 is 17.8 Å². The highest BCUT2D eigenvalue weighted by atomic mass is 19.3. The number of alkyl halides is 2. The summed E-state index contributed by atoms with van der Waals surface area (Å²) in [6, 6.07) is 0. The van der Waals surface area contributed by atoms with Crippen LogP contribution in [0.3, 0.4) is 0 Å². The lowest BCUT2D eigenvalue weighted by molar-refractivity contribution is -0.173. The Kier molecular flexibility index (Phi) is 2.34. The summed E-state index contributed by atoms with van der Waals surface area (Å²) in [4.78, 5) is 10.3. The molecule has 1 rings (SSSR count). The van der Waals surface area contributed by atoms with Crippen molar-refractivity contribution in [2.75, 3.05) is 0 Å². The number of carbonyl (C=O) groups is 1. The second kappa shape index (κ2) is 2.93. The van der Waals surface area contributed by atoms with Crippen molar-refractivity contribution >= 4 is 5.97 Å². The maximum Gasteiger partial charge on any atom is 0.374 e. The molecular weight excluding hydrogens is 178 g/mol. The molecule has 0 aromatic rings. The third kappa shape index (κ3) is 1.98. The van der Waals surface area contributed by atoms with E-state index in [9.17, 15) is 13.6 Å². The van der Waals surface area contributed by atoms with Crippen molar-refractivity contribution in [3.63, 3.8) is 0 Å². The summed E-state index contributed by atoms with van der Waals surface area (Å²) in [5.41, 5.74) is -0.135. The van der Waals surface area contributed by atoms with Crippen LogP contribution in [-0.2, 0) is 4.79 Å². The van der Waals surface area contributed by atoms with Gasteiger partial charge in [0.1, 0.15) is 0 Å². The third-order valence-corrected chi connectivity index (χ3v) is 2.77. The normalized spacial score (nSPS) is 27.5. The quantitative estimate of drug-likeness (QED) is 0.729. The van der Waals surface area contributed by atoms with E-state index in [1.807, 2.05) is 13.8 Å². The zero-order valence-electron chi connectivity index (χ0n) is 7.81. The Morgan fingerprint density at radius 3 is 2.38 bits per heavy atom. The van der Waals surface area contributed by atoms with Gasteiger partial charge in [0.15, 0.2) is 0 Å². The van der Waals surface area contributed by atoms with Crippen molar-refractivity contribution < 1.29 is 18.7 Å². The Labute approximate surface area is 75.9 Å². The van der Waals surface area contributed by atoms with Crippen LogP contribution < -0.4 is 0 Å². The summed E-state index contributed by atoms with van der Waals surface area (Å²) in [6.45, 7) is 3.79. The monoisotopic (exact) mass is 192 g/mol. The second-order valence-corrected chi connectivity index (χ2v) is 4.53. The van der Waals surface area contributed by atoms with Crippen LogP contribution in [-0.4, -0.2) is 17.0 Å². The van der Waals surface area contributed by atoms with Gasteiger partial charge in [-0.15, -0.1) is 0 Å². The molecule has 0 spiro atoms. The maximum absolute atomic E-state index is 13.0. The lowest BCUT2D eigenvalue weighted by atomic mass is 9.89. The smallest absolute Gasteiger partial charge is 0.374 e. The zero-order valence-corrected chi connectivity index (χ0v) is 7.81. The van der Waals surface area contributed by atoms with Gasteiger partial charge in [-0.05, 0) is 24.7 Å². The van der Waals surface area contributed by atoms with E-state index in [4.69, 9.17) is 5.11 Å². The highest BCUT2D eigenvalue weighted by Gasteiger charge is 2.51. The molecule has 0 amide bonds. The van der Waals surface area contributed by atoms with Crippen LogP contribution in [0, 0.1) is 11.3 Å². The van der Waals surface area contributed by atoms with Gasteiger partial charge in [0.2, 0.25) is 0 Å². The summed E-state index contributed by atoms with van der Waals surface area (Å²) in [7, 11) is 0. The molecule has 13 heavy (non-hydrogen) atoms. The van der Waals surface area contributed by atoms with Crippen LogP contribution in [0.4, 0.5) is 8.78 Å². The molecule has 0 heterocycles. The van der Waals surface area contributed by atoms with Gasteiger partial charge in [-0.25, -0.2) is 4.79 Å². The van der Waals surface area contributed by atoms with Crippen LogP contribution in [0.25, 0.3) is 0 Å². The Morgan fingerprint density at radius 2 is 2.08 bits per heavy atom. The fraction of sp³-hybridized carbons (Fsp3) is 0.889. The van der Waals surface area contributed by atoms with Crippen LogP contribution in [0.5, 0.6) is 0 Å². The van der Waals surface area contributed by atoms with E-state index in [0.717, 1.165) is 0 Å². The van der Waals surface area contributed by atoms with Crippen LogP contribution in [0.15, 0.2) is 0 Å². The maximum atomic E-state index is 13.0. The molecule has 1 atom stereocenters. The molecule has 0 saturated heterocycles. The molecule has 0 radical (unpaired) electrons. The van der Waals surface area contributed by atoms with E-state index in [2.05, 4.69) is 0 Å². The molecule has 1 aliphatic carbocycles. The van der Waals surface area contributed by atoms with Crippen LogP contribution in [0.1, 0.15) is 33.1 Å². The number of rotatable bonds is 2. The van der Waals surface area contributed by atoms with Gasteiger partial charge < -0.3 is 5.11 Å². The van der Waals surface area contributed by atoms with Crippen molar-refractivity contribution in [2.45, 2.75) is 39.0 Å². The van der Waals surface area contributed by atoms with E-state index in [-0.39, 0.29) is 5.41 Å². The number of carboxylic acids is 1. The van der Waals surface area contributed by atoms with Crippen molar-refractivity contribution in [1.82, 2.24) is 0 Å². The standard InChI is InChI=1S/C9H14F2O2/c1-8(2)4-3-6(5-8)9(10,11)7(12)13/h6H,3-5H2,1-2H3,(H,12,13). The summed E-state index contributed by atoms with van der Waals surface area (Å²) in [6.07, 6.45) is 1.29. The lowest BCUT2D eigenvalue weighted by Gasteiger charge is -2.21. The van der Waals surface area contributed by atoms with E-state index >= 15 is 0 Å². The number of aliphatic carboxylic acids is 1. The molecule has 4 heteroatoms. The van der Waals surface area contributed by atoms with Gasteiger partial charge in [-0.2, -0.15) is 8.78 Å². The summed E-state index contributed by atoms with van der Waals surface area (Å²) in [5, 5.41) is 8.32. The second-order valence-electron chi connectivity index (χ2n) is 4.53. The van der Waals surface area contributed by atoms with Gasteiger partial charge in [0.25, 0.3) is 0 Å². The molecular formula is C9H14F2O2. The third-order valence-electron chi connectivity index (χ3n) is 2.77. The number of hydrogen-bond donors (Lipinski definition) is 1. The molecule has 76 valence electrons. The molecule has 0 aromatic heterocycles. The average molecular weight is 192 g/mol. The van der Waals surface area contributed by atoms with Gasteiger partial charge in [0.05, 0.1) is 0 Å². The van der Waals surface area contributed by atoms with Gasteiger partial charge >= 0.3 is 11.9 Å². The highest BCUT2D eigenvalue weighted by molar-refractivity contribution is 5.75. The Morgan fingerprint density at radius 1 is 1.54 bits per heavy atom. The first kappa shape index (κ1) is 10.4. The first-order valence-electron chi connectivity index (χ1n) is 4.37. The molecule has 2 nitrogen and oxygen atoms in total. The van der Waals surface area contributed by atoms with Crippen LogP contribution >= 0.6 is 0 Å². The molecule has 0 aromatic carbocycles. The van der Waals surface area contributed by atoms with Crippen LogP contribution in [0.2, 0.25) is 0 Å². The summed E-state index contributed by atoms with van der Waals surface area (Å²) >= 11 is 0. The molecule has 1 N–H and O–H groups in total. The summed E-state index contributed by atoms with van der Waals surface area (Å²) in [5.74, 6) is -6.52. The molecule has 0 bridgehead atoms. The minimum Gasteiger partial charge on any atom is -0.477 e. The highest BCUT2D eigenvalue weighted by Crippen LogP contribution is 2.47. The Hall–Kier alpha value is -0.670.